The normalized spacial score (nSPS) is 12.6. The number of benzene rings is 1. The van der Waals surface area contributed by atoms with Gasteiger partial charge in [0.2, 0.25) is 17.7 Å². The van der Waals surface area contributed by atoms with Crippen molar-refractivity contribution in [2.24, 2.45) is 5.92 Å². The van der Waals surface area contributed by atoms with Gasteiger partial charge in [0.25, 0.3) is 0 Å². The predicted molar refractivity (Wildman–Crippen MR) is 117 cm³/mol. The van der Waals surface area contributed by atoms with Crippen molar-refractivity contribution in [2.75, 3.05) is 7.05 Å². The molecule has 0 radical (unpaired) electrons. The summed E-state index contributed by atoms with van der Waals surface area (Å²) < 4.78 is 0. The smallest absolute Gasteiger partial charge is 0.246 e. The van der Waals surface area contributed by atoms with Crippen molar-refractivity contribution in [3.05, 3.63) is 35.9 Å². The highest BCUT2D eigenvalue weighted by molar-refractivity contribution is 5.91. The Kier molecular flexibility index (Phi) is 13.2. The third-order valence-electron chi connectivity index (χ3n) is 5.26. The maximum atomic E-state index is 12.9. The molecular weight excluding hydrogens is 382 g/mol. The van der Waals surface area contributed by atoms with E-state index in [1.54, 1.807) is 29.7 Å². The van der Waals surface area contributed by atoms with Gasteiger partial charge in [-0.2, -0.15) is 0 Å². The molecular formula is C23H37N3O4. The summed E-state index contributed by atoms with van der Waals surface area (Å²) in [6, 6.07) is 8.15. The summed E-state index contributed by atoms with van der Waals surface area (Å²) in [6.07, 6.45) is 9.51. The van der Waals surface area contributed by atoms with Gasteiger partial charge in [0, 0.05) is 19.4 Å². The van der Waals surface area contributed by atoms with Gasteiger partial charge in [0.1, 0.15) is 6.04 Å². The van der Waals surface area contributed by atoms with Crippen LogP contribution in [0.2, 0.25) is 0 Å². The zero-order chi connectivity index (χ0) is 22.2. The van der Waals surface area contributed by atoms with Crippen molar-refractivity contribution < 1.29 is 19.6 Å². The van der Waals surface area contributed by atoms with Crippen molar-refractivity contribution >= 4 is 17.7 Å². The maximum Gasteiger partial charge on any atom is 0.246 e. The molecule has 168 valence electrons. The van der Waals surface area contributed by atoms with Crippen LogP contribution in [0.4, 0.5) is 0 Å². The van der Waals surface area contributed by atoms with E-state index in [1.807, 2.05) is 6.07 Å². The van der Waals surface area contributed by atoms with Crippen molar-refractivity contribution in [1.29, 1.82) is 0 Å². The molecule has 0 saturated heterocycles. The zero-order valence-electron chi connectivity index (χ0n) is 18.3. The van der Waals surface area contributed by atoms with Crippen LogP contribution < -0.4 is 16.1 Å². The fourth-order valence-corrected chi connectivity index (χ4v) is 3.47. The lowest BCUT2D eigenvalue weighted by Crippen LogP contribution is -2.42. The van der Waals surface area contributed by atoms with E-state index >= 15 is 0 Å². The Balaban J connectivity index is 2.65. The van der Waals surface area contributed by atoms with Gasteiger partial charge in [0.05, 0.1) is 0 Å². The molecule has 0 aliphatic heterocycles. The molecule has 0 aromatic heterocycles. The number of amides is 3. The van der Waals surface area contributed by atoms with E-state index in [9.17, 15) is 14.4 Å². The van der Waals surface area contributed by atoms with Crippen LogP contribution in [0.15, 0.2) is 30.3 Å². The van der Waals surface area contributed by atoms with E-state index in [0.717, 1.165) is 19.3 Å². The molecule has 4 N–H and O–H groups in total. The van der Waals surface area contributed by atoms with E-state index in [4.69, 9.17) is 5.21 Å². The molecule has 3 amide bonds. The molecule has 0 heterocycles. The second-order valence-corrected chi connectivity index (χ2v) is 7.67. The number of unbranched alkanes of at least 4 members (excludes halogenated alkanes) is 7. The van der Waals surface area contributed by atoms with Gasteiger partial charge in [-0.25, -0.2) is 5.48 Å². The molecule has 0 fully saturated rings. The Bertz CT molecular complexity index is 637. The molecule has 30 heavy (non-hydrogen) atoms. The fraction of sp³-hybridized carbons (Fsp3) is 0.609. The monoisotopic (exact) mass is 419 g/mol. The lowest BCUT2D eigenvalue weighted by Gasteiger charge is -2.22. The average Bonchev–Trinajstić information content (AvgIpc) is 2.78. The fourth-order valence-electron chi connectivity index (χ4n) is 3.47. The number of hydrogen-bond donors (Lipinski definition) is 4. The van der Waals surface area contributed by atoms with Crippen LogP contribution in [0, 0.1) is 5.92 Å². The molecule has 0 unspecified atom stereocenters. The zero-order valence-corrected chi connectivity index (χ0v) is 18.3. The Morgan fingerprint density at radius 1 is 0.900 bits per heavy atom. The van der Waals surface area contributed by atoms with Crippen LogP contribution in [0.25, 0.3) is 0 Å². The van der Waals surface area contributed by atoms with Crippen LogP contribution in [-0.4, -0.2) is 30.0 Å². The molecule has 0 aliphatic rings. The number of hydroxylamine groups is 1. The highest BCUT2D eigenvalue weighted by Crippen LogP contribution is 2.19. The second kappa shape index (κ2) is 15.4. The number of likely N-dealkylation sites (N-methyl/N-ethyl adjacent to an activating group) is 1. The Labute approximate surface area is 180 Å². The molecule has 2 atom stereocenters. The summed E-state index contributed by atoms with van der Waals surface area (Å²) in [5, 5.41) is 14.2. The molecule has 7 nitrogen and oxygen atoms in total. The van der Waals surface area contributed by atoms with Crippen molar-refractivity contribution in [2.45, 2.75) is 77.2 Å². The predicted octanol–water partition coefficient (Wildman–Crippen LogP) is 3.63. The molecule has 1 rings (SSSR count). The van der Waals surface area contributed by atoms with Crippen LogP contribution in [0.5, 0.6) is 0 Å². The Morgan fingerprint density at radius 2 is 1.50 bits per heavy atom. The van der Waals surface area contributed by atoms with Crippen molar-refractivity contribution in [3.8, 4) is 0 Å². The third-order valence-corrected chi connectivity index (χ3v) is 5.26. The maximum absolute atomic E-state index is 12.9. The number of nitrogens with one attached hydrogen (secondary N) is 3. The first-order chi connectivity index (χ1) is 14.5. The Morgan fingerprint density at radius 3 is 2.07 bits per heavy atom. The number of carbonyl (C=O) groups excluding carboxylic acids is 3. The number of rotatable bonds is 15. The number of carbonyl (C=O) groups is 3. The van der Waals surface area contributed by atoms with Gasteiger partial charge in [-0.05, 0) is 12.0 Å². The van der Waals surface area contributed by atoms with E-state index < -0.39 is 17.9 Å². The van der Waals surface area contributed by atoms with Crippen LogP contribution in [-0.2, 0) is 14.4 Å². The van der Waals surface area contributed by atoms with E-state index in [0.29, 0.717) is 12.0 Å². The molecule has 1 aromatic carbocycles. The van der Waals surface area contributed by atoms with Gasteiger partial charge in [-0.3, -0.25) is 19.6 Å². The molecule has 0 spiro atoms. The minimum Gasteiger partial charge on any atom is -0.357 e. The van der Waals surface area contributed by atoms with Gasteiger partial charge in [-0.15, -0.1) is 0 Å². The molecule has 1 aromatic rings. The standard InChI is InChI=1S/C23H37N3O4/c1-3-4-5-6-7-8-9-11-16-19(17-20(27)26-30)22(28)25-21(23(29)24-2)18-14-12-10-13-15-18/h10,12-15,19,21,30H,3-9,11,16-17H2,1-2H3,(H,24,29)(H,25,28)(H,26,27)/t19-,21-/m0/s1. The second-order valence-electron chi connectivity index (χ2n) is 7.67. The average molecular weight is 420 g/mol. The minimum absolute atomic E-state index is 0.117. The first-order valence-corrected chi connectivity index (χ1v) is 11.0. The molecule has 7 heteroatoms. The van der Waals surface area contributed by atoms with Crippen LogP contribution in [0.3, 0.4) is 0 Å². The largest absolute Gasteiger partial charge is 0.357 e. The minimum atomic E-state index is -0.832. The molecule has 0 saturated carbocycles. The lowest BCUT2D eigenvalue weighted by molar-refractivity contribution is -0.136. The third kappa shape index (κ3) is 9.87. The van der Waals surface area contributed by atoms with E-state index in [2.05, 4.69) is 17.6 Å². The first kappa shape index (κ1) is 25.6. The lowest BCUT2D eigenvalue weighted by atomic mass is 9.94. The topological polar surface area (TPSA) is 108 Å². The van der Waals surface area contributed by atoms with Gasteiger partial charge < -0.3 is 10.6 Å². The summed E-state index contributed by atoms with van der Waals surface area (Å²) in [6.45, 7) is 2.19. The first-order valence-electron chi connectivity index (χ1n) is 11.0. The van der Waals surface area contributed by atoms with E-state index in [-0.39, 0.29) is 18.2 Å². The SMILES string of the molecule is CCCCCCCCCC[C@@H](CC(=O)NO)C(=O)N[C@H](C(=O)NC)c1ccccc1. The van der Waals surface area contributed by atoms with Crippen molar-refractivity contribution in [1.82, 2.24) is 16.1 Å². The quantitative estimate of drug-likeness (QED) is 0.198. The highest BCUT2D eigenvalue weighted by atomic mass is 16.5. The summed E-state index contributed by atoms with van der Waals surface area (Å²) in [4.78, 5) is 36.9. The van der Waals surface area contributed by atoms with Crippen molar-refractivity contribution in [3.63, 3.8) is 0 Å². The Hall–Kier alpha value is -2.41. The summed E-state index contributed by atoms with van der Waals surface area (Å²) in [7, 11) is 1.52. The summed E-state index contributed by atoms with van der Waals surface area (Å²) >= 11 is 0. The summed E-state index contributed by atoms with van der Waals surface area (Å²) in [5.74, 6) is -1.90. The molecule has 0 bridgehead atoms. The van der Waals surface area contributed by atoms with E-state index in [1.165, 1.54) is 39.2 Å². The van der Waals surface area contributed by atoms with Gasteiger partial charge >= 0.3 is 0 Å². The summed E-state index contributed by atoms with van der Waals surface area (Å²) in [5.41, 5.74) is 2.27. The number of hydrogen-bond acceptors (Lipinski definition) is 4. The van der Waals surface area contributed by atoms with Crippen LogP contribution >= 0.6 is 0 Å². The van der Waals surface area contributed by atoms with Gasteiger partial charge in [0.15, 0.2) is 0 Å². The van der Waals surface area contributed by atoms with Gasteiger partial charge in [-0.1, -0.05) is 88.6 Å². The highest BCUT2D eigenvalue weighted by Gasteiger charge is 2.27. The molecule has 0 aliphatic carbocycles. The van der Waals surface area contributed by atoms with Crippen LogP contribution in [0.1, 0.15) is 82.7 Å².